The zero-order valence-electron chi connectivity index (χ0n) is 19.9. The van der Waals surface area contributed by atoms with Crippen molar-refractivity contribution >= 4 is 5.91 Å². The second-order valence-electron chi connectivity index (χ2n) is 9.55. The van der Waals surface area contributed by atoms with E-state index < -0.39 is 0 Å². The molecule has 3 heterocycles. The van der Waals surface area contributed by atoms with Crippen LogP contribution in [0.4, 0.5) is 0 Å². The first kappa shape index (κ1) is 22.5. The van der Waals surface area contributed by atoms with Gasteiger partial charge in [0.25, 0.3) is 0 Å². The van der Waals surface area contributed by atoms with Gasteiger partial charge < -0.3 is 14.4 Å². The number of ether oxygens (including phenoxy) is 2. The molecule has 0 spiro atoms. The Morgan fingerprint density at radius 3 is 2.59 bits per heavy atom. The predicted molar refractivity (Wildman–Crippen MR) is 131 cm³/mol. The molecule has 2 aliphatic rings. The lowest BCUT2D eigenvalue weighted by Crippen LogP contribution is -2.41. The average Bonchev–Trinajstić information content (AvgIpc) is 3.50. The SMILES string of the molecule is CN(C)C(=O)CC1CCN(CC2Cc3ccc(Oc4ccc(-c5ccn[nH]5)cc4)cc3O2)CC1. The van der Waals surface area contributed by atoms with Crippen LogP contribution in [0.3, 0.4) is 0 Å². The molecule has 1 fully saturated rings. The van der Waals surface area contributed by atoms with Crippen molar-refractivity contribution in [3.8, 4) is 28.5 Å². The Labute approximate surface area is 200 Å². The van der Waals surface area contributed by atoms with Crippen LogP contribution in [0.25, 0.3) is 11.3 Å². The van der Waals surface area contributed by atoms with Gasteiger partial charge in [0.05, 0.1) is 5.69 Å². The maximum absolute atomic E-state index is 12.0. The normalized spacial score (nSPS) is 18.4. The number of rotatable bonds is 7. The van der Waals surface area contributed by atoms with E-state index in [0.717, 1.165) is 67.4 Å². The largest absolute Gasteiger partial charge is 0.488 e. The van der Waals surface area contributed by atoms with Crippen LogP contribution in [0, 0.1) is 5.92 Å². The highest BCUT2D eigenvalue weighted by atomic mass is 16.5. The van der Waals surface area contributed by atoms with E-state index in [1.54, 1.807) is 11.1 Å². The number of fused-ring (bicyclic) bond motifs is 1. The van der Waals surface area contributed by atoms with Crippen molar-refractivity contribution < 1.29 is 14.3 Å². The van der Waals surface area contributed by atoms with E-state index >= 15 is 0 Å². The number of aromatic nitrogens is 2. The second-order valence-corrected chi connectivity index (χ2v) is 9.55. The molecule has 1 saturated heterocycles. The molecule has 2 aliphatic heterocycles. The zero-order chi connectivity index (χ0) is 23.5. The highest BCUT2D eigenvalue weighted by Crippen LogP contribution is 2.35. The predicted octanol–water partition coefficient (Wildman–Crippen LogP) is 4.36. The molecule has 7 heteroatoms. The van der Waals surface area contributed by atoms with Gasteiger partial charge in [-0.2, -0.15) is 5.10 Å². The lowest BCUT2D eigenvalue weighted by Gasteiger charge is -2.33. The minimum atomic E-state index is 0.166. The molecule has 1 atom stereocenters. The minimum Gasteiger partial charge on any atom is -0.488 e. The highest BCUT2D eigenvalue weighted by Gasteiger charge is 2.28. The molecule has 178 valence electrons. The summed E-state index contributed by atoms with van der Waals surface area (Å²) < 4.78 is 12.4. The summed E-state index contributed by atoms with van der Waals surface area (Å²) in [5, 5.41) is 6.97. The molecule has 7 nitrogen and oxygen atoms in total. The van der Waals surface area contributed by atoms with Gasteiger partial charge in [0.1, 0.15) is 23.4 Å². The van der Waals surface area contributed by atoms with Crippen molar-refractivity contribution in [2.24, 2.45) is 5.92 Å². The zero-order valence-corrected chi connectivity index (χ0v) is 19.9. The van der Waals surface area contributed by atoms with E-state index in [1.807, 2.05) is 56.6 Å². The standard InChI is InChI=1S/C27H32N4O3/c1-30(2)27(32)15-19-10-13-31(14-11-19)18-24-16-21-5-8-23(17-26(21)34-24)33-22-6-3-20(4-7-22)25-9-12-28-29-25/h3-9,12,17,19,24H,10-11,13-16,18H2,1-2H3,(H,28,29). The number of nitrogens with zero attached hydrogens (tertiary/aromatic N) is 3. The smallest absolute Gasteiger partial charge is 0.222 e. The number of hydrogen-bond acceptors (Lipinski definition) is 5. The molecule has 0 saturated carbocycles. The first-order chi connectivity index (χ1) is 16.5. The number of nitrogens with one attached hydrogen (secondary N) is 1. The van der Waals surface area contributed by atoms with Gasteiger partial charge in [0.2, 0.25) is 5.91 Å². The van der Waals surface area contributed by atoms with E-state index in [1.165, 1.54) is 5.56 Å². The fourth-order valence-electron chi connectivity index (χ4n) is 4.79. The number of piperidine rings is 1. The summed E-state index contributed by atoms with van der Waals surface area (Å²) in [6.07, 6.45) is 5.66. The van der Waals surface area contributed by atoms with Crippen LogP contribution in [-0.2, 0) is 11.2 Å². The van der Waals surface area contributed by atoms with Crippen molar-refractivity contribution in [3.63, 3.8) is 0 Å². The number of aromatic amines is 1. The van der Waals surface area contributed by atoms with Crippen molar-refractivity contribution in [2.45, 2.75) is 31.8 Å². The Morgan fingerprint density at radius 2 is 1.88 bits per heavy atom. The number of H-pyrrole nitrogens is 1. The van der Waals surface area contributed by atoms with E-state index in [2.05, 4.69) is 21.2 Å². The summed E-state index contributed by atoms with van der Waals surface area (Å²) in [5.74, 6) is 3.22. The molecule has 0 radical (unpaired) electrons. The number of benzene rings is 2. The number of likely N-dealkylation sites (tertiary alicyclic amines) is 1. The molecule has 2 aromatic carbocycles. The Hall–Kier alpha value is -3.32. The molecule has 34 heavy (non-hydrogen) atoms. The number of carbonyl (C=O) groups excluding carboxylic acids is 1. The Bertz CT molecular complexity index is 1100. The third kappa shape index (κ3) is 5.25. The molecule has 3 aromatic rings. The van der Waals surface area contributed by atoms with Crippen molar-refractivity contribution in [2.75, 3.05) is 33.7 Å². The van der Waals surface area contributed by atoms with Gasteiger partial charge in [-0.05, 0) is 79.4 Å². The maximum Gasteiger partial charge on any atom is 0.222 e. The number of hydrogen-bond donors (Lipinski definition) is 1. The Kier molecular flexibility index (Phi) is 6.54. The van der Waals surface area contributed by atoms with Gasteiger partial charge in [-0.15, -0.1) is 0 Å². The Balaban J connectivity index is 1.12. The molecule has 1 unspecified atom stereocenters. The fourth-order valence-corrected chi connectivity index (χ4v) is 4.79. The molecular weight excluding hydrogens is 428 g/mol. The van der Waals surface area contributed by atoms with Crippen LogP contribution in [0.15, 0.2) is 54.7 Å². The van der Waals surface area contributed by atoms with Crippen LogP contribution in [0.1, 0.15) is 24.8 Å². The monoisotopic (exact) mass is 460 g/mol. The lowest BCUT2D eigenvalue weighted by atomic mass is 9.93. The van der Waals surface area contributed by atoms with Gasteiger partial charge in [0, 0.05) is 45.7 Å². The third-order valence-corrected chi connectivity index (χ3v) is 6.81. The van der Waals surface area contributed by atoms with Gasteiger partial charge >= 0.3 is 0 Å². The lowest BCUT2D eigenvalue weighted by molar-refractivity contribution is -0.130. The van der Waals surface area contributed by atoms with Gasteiger partial charge in [-0.25, -0.2) is 0 Å². The second kappa shape index (κ2) is 9.89. The quantitative estimate of drug-likeness (QED) is 0.567. The fraction of sp³-hybridized carbons (Fsp3) is 0.407. The van der Waals surface area contributed by atoms with E-state index in [4.69, 9.17) is 9.47 Å². The molecular formula is C27H32N4O3. The van der Waals surface area contributed by atoms with Gasteiger partial charge in [-0.3, -0.25) is 14.8 Å². The van der Waals surface area contributed by atoms with Crippen LogP contribution in [-0.4, -0.2) is 65.7 Å². The van der Waals surface area contributed by atoms with Gasteiger partial charge in [0.15, 0.2) is 0 Å². The summed E-state index contributed by atoms with van der Waals surface area (Å²) in [6.45, 7) is 2.99. The first-order valence-electron chi connectivity index (χ1n) is 12.0. The van der Waals surface area contributed by atoms with E-state index in [9.17, 15) is 4.79 Å². The third-order valence-electron chi connectivity index (χ3n) is 6.81. The average molecular weight is 461 g/mol. The van der Waals surface area contributed by atoms with Crippen molar-refractivity contribution in [1.82, 2.24) is 20.0 Å². The summed E-state index contributed by atoms with van der Waals surface area (Å²) in [4.78, 5) is 16.2. The first-order valence-corrected chi connectivity index (χ1v) is 12.0. The van der Waals surface area contributed by atoms with Crippen molar-refractivity contribution in [3.05, 3.63) is 60.3 Å². The van der Waals surface area contributed by atoms with E-state index in [-0.39, 0.29) is 12.0 Å². The van der Waals surface area contributed by atoms with Crippen LogP contribution in [0.2, 0.25) is 0 Å². The van der Waals surface area contributed by atoms with Crippen LogP contribution >= 0.6 is 0 Å². The number of carbonyl (C=O) groups is 1. The summed E-state index contributed by atoms with van der Waals surface area (Å²) >= 11 is 0. The topological polar surface area (TPSA) is 70.7 Å². The Morgan fingerprint density at radius 1 is 1.12 bits per heavy atom. The van der Waals surface area contributed by atoms with E-state index in [0.29, 0.717) is 12.3 Å². The van der Waals surface area contributed by atoms with Gasteiger partial charge in [-0.1, -0.05) is 6.07 Å². The molecule has 1 aromatic heterocycles. The maximum atomic E-state index is 12.0. The number of amides is 1. The molecule has 1 amide bonds. The summed E-state index contributed by atoms with van der Waals surface area (Å²) in [5.41, 5.74) is 3.28. The molecule has 0 bridgehead atoms. The van der Waals surface area contributed by atoms with Crippen molar-refractivity contribution in [1.29, 1.82) is 0 Å². The molecule has 1 N–H and O–H groups in total. The van der Waals surface area contributed by atoms with Crippen LogP contribution in [0.5, 0.6) is 17.2 Å². The summed E-state index contributed by atoms with van der Waals surface area (Å²) in [7, 11) is 3.67. The molecule has 5 rings (SSSR count). The highest BCUT2D eigenvalue weighted by molar-refractivity contribution is 5.75. The van der Waals surface area contributed by atoms with Crippen LogP contribution < -0.4 is 9.47 Å². The summed E-state index contributed by atoms with van der Waals surface area (Å²) in [6, 6.07) is 16.0. The molecule has 0 aliphatic carbocycles. The minimum absolute atomic E-state index is 0.166.